The Kier molecular flexibility index (Phi) is 4.65. The van der Waals surface area contributed by atoms with Gasteiger partial charge in [0.25, 0.3) is 0 Å². The first-order valence-electron chi connectivity index (χ1n) is 7.24. The number of aryl methyl sites for hydroxylation is 1. The molecule has 0 radical (unpaired) electrons. The molecule has 3 N–H and O–H groups in total. The molecule has 1 fully saturated rings. The molecule has 22 heavy (non-hydrogen) atoms. The second-order valence-electron chi connectivity index (χ2n) is 5.60. The van der Waals surface area contributed by atoms with Crippen molar-refractivity contribution >= 4 is 32.7 Å². The van der Waals surface area contributed by atoms with E-state index in [2.05, 4.69) is 9.71 Å². The monoisotopic (exact) mass is 357 g/mol. The molecule has 2 heterocycles. The summed E-state index contributed by atoms with van der Waals surface area (Å²) < 4.78 is 28.1. The molecule has 0 unspecified atom stereocenters. The molecule has 5 nitrogen and oxygen atoms in total. The Hall–Kier alpha value is -0.800. The minimum atomic E-state index is -3.45. The third-order valence-corrected chi connectivity index (χ3v) is 7.70. The lowest BCUT2D eigenvalue weighted by atomic mass is 9.93. The van der Waals surface area contributed by atoms with Gasteiger partial charge in [0.05, 0.1) is 15.6 Å². The van der Waals surface area contributed by atoms with Crippen molar-refractivity contribution in [1.29, 1.82) is 0 Å². The molecule has 3 rings (SSSR count). The largest absolute Gasteiger partial charge is 0.328 e. The normalized spacial score (nSPS) is 22.8. The van der Waals surface area contributed by atoms with E-state index in [0.717, 1.165) is 41.3 Å². The van der Waals surface area contributed by atoms with Gasteiger partial charge in [0.15, 0.2) is 0 Å². The van der Waals surface area contributed by atoms with E-state index >= 15 is 0 Å². The van der Waals surface area contributed by atoms with Crippen molar-refractivity contribution in [1.82, 2.24) is 9.71 Å². The zero-order chi connectivity index (χ0) is 15.7. The van der Waals surface area contributed by atoms with Crippen LogP contribution in [0, 0.1) is 6.92 Å². The molecule has 1 saturated carbocycles. The van der Waals surface area contributed by atoms with Crippen molar-refractivity contribution in [3.63, 3.8) is 0 Å². The summed E-state index contributed by atoms with van der Waals surface area (Å²) in [5.41, 5.74) is 6.71. The summed E-state index contributed by atoms with van der Waals surface area (Å²) >= 11 is 2.83. The first-order valence-corrected chi connectivity index (χ1v) is 10.4. The van der Waals surface area contributed by atoms with Crippen LogP contribution in [-0.4, -0.2) is 25.5 Å². The van der Waals surface area contributed by atoms with Gasteiger partial charge in [-0.1, -0.05) is 0 Å². The minimum Gasteiger partial charge on any atom is -0.328 e. The minimum absolute atomic E-state index is 0.00290. The topological polar surface area (TPSA) is 85.1 Å². The number of aromatic nitrogens is 1. The van der Waals surface area contributed by atoms with Crippen LogP contribution in [0.15, 0.2) is 21.7 Å². The van der Waals surface area contributed by atoms with Gasteiger partial charge in [0.2, 0.25) is 10.0 Å². The molecular formula is C14H19N3O2S3. The van der Waals surface area contributed by atoms with Crippen molar-refractivity contribution in [3.05, 3.63) is 22.5 Å². The first kappa shape index (κ1) is 16.1. The predicted molar refractivity (Wildman–Crippen MR) is 90.7 cm³/mol. The van der Waals surface area contributed by atoms with Gasteiger partial charge in [-0.3, -0.25) is 0 Å². The van der Waals surface area contributed by atoms with Crippen molar-refractivity contribution in [3.8, 4) is 10.6 Å². The fraction of sp³-hybridized carbons (Fsp3) is 0.500. The van der Waals surface area contributed by atoms with E-state index < -0.39 is 10.0 Å². The maximum Gasteiger partial charge on any atom is 0.250 e. The van der Waals surface area contributed by atoms with E-state index in [4.69, 9.17) is 5.73 Å². The Labute approximate surface area is 138 Å². The van der Waals surface area contributed by atoms with Gasteiger partial charge in [-0.05, 0) is 44.7 Å². The molecule has 0 saturated heterocycles. The average molecular weight is 358 g/mol. The molecule has 0 aliphatic heterocycles. The SMILES string of the molecule is Cc1nc(-c2ccc(S(=O)(=O)NC3CCC(N)CC3)s2)cs1. The standard InChI is InChI=1S/C14H19N3O2S3/c1-9-16-12(8-20-9)13-6-7-14(21-13)22(18,19)17-11-4-2-10(15)3-5-11/h6-8,10-11,17H,2-5,15H2,1H3. The Balaban J connectivity index is 1.74. The predicted octanol–water partition coefficient (Wildman–Crippen LogP) is 2.73. The summed E-state index contributed by atoms with van der Waals surface area (Å²) in [6.07, 6.45) is 3.37. The van der Waals surface area contributed by atoms with Gasteiger partial charge in [0.1, 0.15) is 4.21 Å². The summed E-state index contributed by atoms with van der Waals surface area (Å²) in [5.74, 6) is 0. The van der Waals surface area contributed by atoms with Crippen molar-refractivity contribution in [2.24, 2.45) is 5.73 Å². The number of rotatable bonds is 4. The van der Waals surface area contributed by atoms with Crippen LogP contribution in [0.4, 0.5) is 0 Å². The molecule has 0 atom stereocenters. The highest BCUT2D eigenvalue weighted by Crippen LogP contribution is 2.31. The summed E-state index contributed by atoms with van der Waals surface area (Å²) in [4.78, 5) is 5.28. The number of hydrogen-bond acceptors (Lipinski definition) is 6. The van der Waals surface area contributed by atoms with E-state index in [0.29, 0.717) is 4.21 Å². The molecule has 2 aromatic heterocycles. The third-order valence-electron chi connectivity index (χ3n) is 3.81. The second kappa shape index (κ2) is 6.37. The van der Waals surface area contributed by atoms with Gasteiger partial charge in [-0.2, -0.15) is 0 Å². The Bertz CT molecular complexity index is 743. The first-order chi connectivity index (χ1) is 10.4. The molecule has 1 aliphatic carbocycles. The van der Waals surface area contributed by atoms with E-state index in [1.54, 1.807) is 17.4 Å². The fourth-order valence-electron chi connectivity index (χ4n) is 2.59. The van der Waals surface area contributed by atoms with Gasteiger partial charge in [0, 0.05) is 17.5 Å². The van der Waals surface area contributed by atoms with Crippen LogP contribution in [-0.2, 0) is 10.0 Å². The molecule has 1 aliphatic rings. The number of nitrogens with zero attached hydrogens (tertiary/aromatic N) is 1. The Morgan fingerprint density at radius 3 is 2.64 bits per heavy atom. The van der Waals surface area contributed by atoms with Gasteiger partial charge < -0.3 is 5.73 Å². The maximum absolute atomic E-state index is 12.5. The molecule has 0 spiro atoms. The van der Waals surface area contributed by atoms with Gasteiger partial charge in [-0.15, -0.1) is 22.7 Å². The molecule has 2 aromatic rings. The van der Waals surface area contributed by atoms with Gasteiger partial charge >= 0.3 is 0 Å². The van der Waals surface area contributed by atoms with Crippen molar-refractivity contribution in [2.75, 3.05) is 0 Å². The summed E-state index contributed by atoms with van der Waals surface area (Å²) in [6, 6.07) is 3.69. The molecule has 120 valence electrons. The van der Waals surface area contributed by atoms with E-state index in [9.17, 15) is 8.42 Å². The van der Waals surface area contributed by atoms with Crippen LogP contribution in [0.25, 0.3) is 10.6 Å². The number of nitrogens with one attached hydrogen (secondary N) is 1. The Morgan fingerprint density at radius 1 is 1.27 bits per heavy atom. The lowest BCUT2D eigenvalue weighted by Crippen LogP contribution is -2.40. The zero-order valence-corrected chi connectivity index (χ0v) is 14.7. The molecular weight excluding hydrogens is 338 g/mol. The number of thiophene rings is 1. The lowest BCUT2D eigenvalue weighted by molar-refractivity contribution is 0.374. The third kappa shape index (κ3) is 3.57. The number of hydrogen-bond donors (Lipinski definition) is 2. The smallest absolute Gasteiger partial charge is 0.250 e. The number of nitrogens with two attached hydrogens (primary N) is 1. The quantitative estimate of drug-likeness (QED) is 0.881. The highest BCUT2D eigenvalue weighted by atomic mass is 32.2. The fourth-order valence-corrected chi connectivity index (χ4v) is 5.87. The molecule has 0 bridgehead atoms. The molecule has 0 aromatic carbocycles. The highest BCUT2D eigenvalue weighted by molar-refractivity contribution is 7.91. The van der Waals surface area contributed by atoms with Crippen LogP contribution in [0.5, 0.6) is 0 Å². The molecule has 8 heteroatoms. The highest BCUT2D eigenvalue weighted by Gasteiger charge is 2.25. The lowest BCUT2D eigenvalue weighted by Gasteiger charge is -2.26. The zero-order valence-electron chi connectivity index (χ0n) is 12.3. The van der Waals surface area contributed by atoms with Crippen molar-refractivity contribution < 1.29 is 8.42 Å². The second-order valence-corrected chi connectivity index (χ2v) is 9.69. The summed E-state index contributed by atoms with van der Waals surface area (Å²) in [5, 5.41) is 2.93. The number of sulfonamides is 1. The van der Waals surface area contributed by atoms with E-state index in [-0.39, 0.29) is 12.1 Å². The van der Waals surface area contributed by atoms with Crippen LogP contribution in [0.1, 0.15) is 30.7 Å². The van der Waals surface area contributed by atoms with Crippen LogP contribution in [0.2, 0.25) is 0 Å². The maximum atomic E-state index is 12.5. The summed E-state index contributed by atoms with van der Waals surface area (Å²) in [7, 11) is -3.45. The summed E-state index contributed by atoms with van der Waals surface area (Å²) in [6.45, 7) is 1.94. The van der Waals surface area contributed by atoms with Crippen LogP contribution >= 0.6 is 22.7 Å². The molecule has 0 amide bonds. The van der Waals surface area contributed by atoms with Crippen molar-refractivity contribution in [2.45, 2.75) is 48.9 Å². The van der Waals surface area contributed by atoms with Gasteiger partial charge in [-0.25, -0.2) is 18.1 Å². The van der Waals surface area contributed by atoms with E-state index in [1.165, 1.54) is 11.3 Å². The number of thiazole rings is 1. The average Bonchev–Trinajstić information content (AvgIpc) is 3.10. The van der Waals surface area contributed by atoms with Crippen LogP contribution in [0.3, 0.4) is 0 Å². The Morgan fingerprint density at radius 2 is 2.00 bits per heavy atom. The van der Waals surface area contributed by atoms with Crippen LogP contribution < -0.4 is 10.5 Å². The van der Waals surface area contributed by atoms with E-state index in [1.807, 2.05) is 18.4 Å².